The molecule has 0 aromatic rings. The van der Waals surface area contributed by atoms with Crippen molar-refractivity contribution >= 4 is 0 Å². The van der Waals surface area contributed by atoms with Crippen molar-refractivity contribution in [3.8, 4) is 0 Å². The van der Waals surface area contributed by atoms with Crippen LogP contribution in [0.15, 0.2) is 24.3 Å². The van der Waals surface area contributed by atoms with E-state index in [2.05, 4.69) is 27.0 Å². The Morgan fingerprint density at radius 3 is 2.75 bits per heavy atom. The number of fused-ring (bicyclic) bond motifs is 1. The maximum absolute atomic E-state index is 5.67. The zero-order valence-corrected chi connectivity index (χ0v) is 10.5. The van der Waals surface area contributed by atoms with Crippen molar-refractivity contribution in [1.29, 1.82) is 0 Å². The van der Waals surface area contributed by atoms with Crippen LogP contribution in [0.2, 0.25) is 0 Å². The van der Waals surface area contributed by atoms with Gasteiger partial charge in [-0.25, -0.2) is 0 Å². The molecule has 0 bridgehead atoms. The second kappa shape index (κ2) is 3.22. The Balaban J connectivity index is 1.87. The summed E-state index contributed by atoms with van der Waals surface area (Å²) in [6.07, 6.45) is 6.05. The fourth-order valence-electron chi connectivity index (χ4n) is 4.06. The molecule has 1 spiro atoms. The zero-order valence-electron chi connectivity index (χ0n) is 10.5. The average molecular weight is 218 g/mol. The van der Waals surface area contributed by atoms with E-state index in [0.717, 1.165) is 0 Å². The first-order valence-electron chi connectivity index (χ1n) is 6.54. The van der Waals surface area contributed by atoms with E-state index in [-0.39, 0.29) is 0 Å². The lowest BCUT2D eigenvalue weighted by molar-refractivity contribution is 0.0982. The van der Waals surface area contributed by atoms with E-state index in [1.165, 1.54) is 36.8 Å². The Morgan fingerprint density at radius 1 is 1.44 bits per heavy atom. The molecule has 5 atom stereocenters. The van der Waals surface area contributed by atoms with Gasteiger partial charge < -0.3 is 4.74 Å². The van der Waals surface area contributed by atoms with E-state index >= 15 is 0 Å². The highest BCUT2D eigenvalue weighted by Crippen LogP contribution is 2.63. The zero-order chi connectivity index (χ0) is 11.5. The molecule has 1 heterocycles. The number of ether oxygens (including phenoxy) is 1. The molecule has 88 valence electrons. The first kappa shape index (κ1) is 10.6. The summed E-state index contributed by atoms with van der Waals surface area (Å²) in [6, 6.07) is 0. The van der Waals surface area contributed by atoms with Crippen LogP contribution < -0.4 is 0 Å². The molecule has 3 fully saturated rings. The molecule has 0 N–H and O–H groups in total. The van der Waals surface area contributed by atoms with Crippen LogP contribution in [0.25, 0.3) is 0 Å². The van der Waals surface area contributed by atoms with Crippen LogP contribution in [0.5, 0.6) is 0 Å². The van der Waals surface area contributed by atoms with Crippen molar-refractivity contribution in [2.75, 3.05) is 0 Å². The Morgan fingerprint density at radius 2 is 2.19 bits per heavy atom. The van der Waals surface area contributed by atoms with Gasteiger partial charge in [-0.05, 0) is 49.9 Å². The molecule has 0 unspecified atom stereocenters. The maximum Gasteiger partial charge on any atom is 0.0876 e. The van der Waals surface area contributed by atoms with Gasteiger partial charge in [0.05, 0.1) is 12.2 Å². The smallest absolute Gasteiger partial charge is 0.0876 e. The molecule has 0 aromatic carbocycles. The summed E-state index contributed by atoms with van der Waals surface area (Å²) in [5, 5.41) is 0. The molecule has 0 amide bonds. The molecule has 2 aliphatic carbocycles. The summed E-state index contributed by atoms with van der Waals surface area (Å²) < 4.78 is 5.67. The summed E-state index contributed by atoms with van der Waals surface area (Å²) >= 11 is 0. The summed E-state index contributed by atoms with van der Waals surface area (Å²) in [5.74, 6) is 1.39. The quantitative estimate of drug-likeness (QED) is 0.483. The highest BCUT2D eigenvalue weighted by molar-refractivity contribution is 5.26. The highest BCUT2D eigenvalue weighted by atomic mass is 16.6. The van der Waals surface area contributed by atoms with Crippen molar-refractivity contribution in [1.82, 2.24) is 0 Å². The molecular formula is C15H22O. The molecule has 2 saturated carbocycles. The minimum absolute atomic E-state index is 0.384. The van der Waals surface area contributed by atoms with E-state index in [9.17, 15) is 0 Å². The first-order chi connectivity index (χ1) is 7.54. The Kier molecular flexibility index (Phi) is 2.13. The van der Waals surface area contributed by atoms with E-state index in [0.29, 0.717) is 29.5 Å². The van der Waals surface area contributed by atoms with Crippen LogP contribution in [0, 0.1) is 17.3 Å². The van der Waals surface area contributed by atoms with E-state index < -0.39 is 0 Å². The molecule has 3 rings (SSSR count). The van der Waals surface area contributed by atoms with Crippen molar-refractivity contribution in [3.05, 3.63) is 24.3 Å². The van der Waals surface area contributed by atoms with Gasteiger partial charge in [0, 0.05) is 0 Å². The van der Waals surface area contributed by atoms with Gasteiger partial charge in [0.1, 0.15) is 0 Å². The van der Waals surface area contributed by atoms with Crippen LogP contribution in [0.1, 0.15) is 39.5 Å². The predicted octanol–water partition coefficient (Wildman–Crippen LogP) is 3.71. The van der Waals surface area contributed by atoms with Crippen LogP contribution in [-0.2, 0) is 4.74 Å². The van der Waals surface area contributed by atoms with Crippen LogP contribution in [-0.4, -0.2) is 12.2 Å². The summed E-state index contributed by atoms with van der Waals surface area (Å²) in [6.45, 7) is 13.1. The van der Waals surface area contributed by atoms with Crippen LogP contribution in [0.4, 0.5) is 0 Å². The fourth-order valence-corrected chi connectivity index (χ4v) is 4.06. The van der Waals surface area contributed by atoms with Gasteiger partial charge in [0.2, 0.25) is 0 Å². The lowest BCUT2D eigenvalue weighted by Gasteiger charge is -2.44. The summed E-state index contributed by atoms with van der Waals surface area (Å²) in [4.78, 5) is 0. The van der Waals surface area contributed by atoms with Crippen molar-refractivity contribution in [3.63, 3.8) is 0 Å². The lowest BCUT2D eigenvalue weighted by atomic mass is 9.61. The molecular weight excluding hydrogens is 196 g/mol. The SMILES string of the molecule is C=C(C)[C@H]1CCC(=C)[C@]2(C1)C[C@H]1O[C@H]1[C@@H]2C. The molecule has 3 aliphatic rings. The molecule has 16 heavy (non-hydrogen) atoms. The molecule has 0 radical (unpaired) electrons. The Labute approximate surface area is 98.6 Å². The number of allylic oxidation sites excluding steroid dienone is 2. The minimum Gasteiger partial charge on any atom is -0.369 e. The van der Waals surface area contributed by atoms with Gasteiger partial charge >= 0.3 is 0 Å². The van der Waals surface area contributed by atoms with Gasteiger partial charge in [-0.3, -0.25) is 0 Å². The van der Waals surface area contributed by atoms with E-state index in [1.54, 1.807) is 0 Å². The third kappa shape index (κ3) is 1.27. The van der Waals surface area contributed by atoms with Crippen molar-refractivity contribution < 1.29 is 4.74 Å². The number of rotatable bonds is 1. The summed E-state index contributed by atoms with van der Waals surface area (Å²) in [7, 11) is 0. The molecule has 1 heteroatoms. The number of epoxide rings is 1. The van der Waals surface area contributed by atoms with Gasteiger partial charge in [0.15, 0.2) is 0 Å². The van der Waals surface area contributed by atoms with E-state index in [4.69, 9.17) is 4.74 Å². The maximum atomic E-state index is 5.67. The first-order valence-corrected chi connectivity index (χ1v) is 6.54. The number of hydrogen-bond donors (Lipinski definition) is 0. The standard InChI is InChI=1S/C15H22O/c1-9(2)12-6-5-10(3)15(7-12)8-13-14(16-13)11(15)4/h11-14H,1,3,5-8H2,2,4H3/t11-,12-,13+,14-,15-/m0/s1. The molecule has 1 aliphatic heterocycles. The minimum atomic E-state index is 0.384. The fraction of sp³-hybridized carbons (Fsp3) is 0.733. The van der Waals surface area contributed by atoms with Crippen molar-refractivity contribution in [2.45, 2.75) is 51.7 Å². The topological polar surface area (TPSA) is 12.5 Å². The third-order valence-corrected chi connectivity index (χ3v) is 5.36. The normalized spacial score (nSPS) is 50.5. The van der Waals surface area contributed by atoms with Crippen LogP contribution in [0.3, 0.4) is 0 Å². The van der Waals surface area contributed by atoms with Gasteiger partial charge in [-0.1, -0.05) is 31.2 Å². The molecule has 1 saturated heterocycles. The van der Waals surface area contributed by atoms with Crippen molar-refractivity contribution in [2.24, 2.45) is 17.3 Å². The van der Waals surface area contributed by atoms with Gasteiger partial charge in [0.25, 0.3) is 0 Å². The van der Waals surface area contributed by atoms with E-state index in [1.807, 2.05) is 0 Å². The Bertz CT molecular complexity index is 356. The third-order valence-electron chi connectivity index (χ3n) is 5.36. The predicted molar refractivity (Wildman–Crippen MR) is 66.2 cm³/mol. The highest BCUT2D eigenvalue weighted by Gasteiger charge is 2.62. The number of hydrogen-bond acceptors (Lipinski definition) is 1. The average Bonchev–Trinajstić information content (AvgIpc) is 2.93. The second-order valence-electron chi connectivity index (χ2n) is 6.18. The largest absolute Gasteiger partial charge is 0.369 e. The molecule has 1 nitrogen and oxygen atoms in total. The van der Waals surface area contributed by atoms with Gasteiger partial charge in [-0.2, -0.15) is 0 Å². The monoisotopic (exact) mass is 218 g/mol. The Hall–Kier alpha value is -0.560. The summed E-state index contributed by atoms with van der Waals surface area (Å²) in [5.41, 5.74) is 3.24. The second-order valence-corrected chi connectivity index (χ2v) is 6.18. The van der Waals surface area contributed by atoms with Crippen LogP contribution >= 0.6 is 0 Å². The molecule has 0 aromatic heterocycles. The lowest BCUT2D eigenvalue weighted by Crippen LogP contribution is -2.36. The van der Waals surface area contributed by atoms with Gasteiger partial charge in [-0.15, -0.1) is 0 Å².